The van der Waals surface area contributed by atoms with E-state index in [1.54, 1.807) is 19.1 Å². The molecule has 0 aliphatic carbocycles. The Morgan fingerprint density at radius 3 is 2.65 bits per heavy atom. The molecule has 0 amide bonds. The molecule has 0 aliphatic rings. The number of rotatable bonds is 4. The fourth-order valence-electron chi connectivity index (χ4n) is 1.92. The van der Waals surface area contributed by atoms with Crippen LogP contribution in [0, 0.1) is 12.7 Å². The van der Waals surface area contributed by atoms with Gasteiger partial charge in [-0.1, -0.05) is 22.0 Å². The molecule has 4 heteroatoms. The molecule has 1 atom stereocenters. The topological polar surface area (TPSA) is 35.2 Å². The van der Waals surface area contributed by atoms with Gasteiger partial charge in [0.15, 0.2) is 0 Å². The van der Waals surface area contributed by atoms with E-state index in [4.69, 9.17) is 10.5 Å². The number of ether oxygens (including phenoxy) is 1. The lowest BCUT2D eigenvalue weighted by molar-refractivity contribution is 0.468. The third kappa shape index (κ3) is 3.81. The Labute approximate surface area is 126 Å². The second-order valence-electron chi connectivity index (χ2n) is 4.95. The van der Waals surface area contributed by atoms with Crippen LogP contribution in [0.15, 0.2) is 40.9 Å². The summed E-state index contributed by atoms with van der Waals surface area (Å²) in [6.45, 7) is 3.66. The van der Waals surface area contributed by atoms with Crippen molar-refractivity contribution in [1.82, 2.24) is 0 Å². The molecule has 1 unspecified atom stereocenters. The fourth-order valence-corrected chi connectivity index (χ4v) is 2.33. The summed E-state index contributed by atoms with van der Waals surface area (Å²) in [6.07, 6.45) is 0.698. The van der Waals surface area contributed by atoms with Crippen LogP contribution in [0.5, 0.6) is 11.5 Å². The first-order chi connectivity index (χ1) is 9.45. The molecule has 2 aromatic carbocycles. The molecule has 0 saturated heterocycles. The third-order valence-corrected chi connectivity index (χ3v) is 3.43. The fraction of sp³-hybridized carbons (Fsp3) is 0.250. The van der Waals surface area contributed by atoms with E-state index in [2.05, 4.69) is 15.9 Å². The van der Waals surface area contributed by atoms with Crippen molar-refractivity contribution >= 4 is 15.9 Å². The van der Waals surface area contributed by atoms with Crippen LogP contribution >= 0.6 is 15.9 Å². The van der Waals surface area contributed by atoms with Crippen LogP contribution in [0.1, 0.15) is 18.1 Å². The average Bonchev–Trinajstić information content (AvgIpc) is 2.36. The minimum Gasteiger partial charge on any atom is -0.457 e. The number of aryl methyl sites for hydroxylation is 1. The zero-order valence-corrected chi connectivity index (χ0v) is 13.1. The van der Waals surface area contributed by atoms with E-state index in [0.717, 1.165) is 10.0 Å². The predicted molar refractivity (Wildman–Crippen MR) is 82.7 cm³/mol. The van der Waals surface area contributed by atoms with Crippen molar-refractivity contribution in [1.29, 1.82) is 0 Å². The van der Waals surface area contributed by atoms with Gasteiger partial charge in [0.2, 0.25) is 0 Å². The highest BCUT2D eigenvalue weighted by molar-refractivity contribution is 9.10. The van der Waals surface area contributed by atoms with Gasteiger partial charge in [-0.15, -0.1) is 0 Å². The lowest BCUT2D eigenvalue weighted by atomic mass is 10.1. The normalized spacial score (nSPS) is 12.2. The summed E-state index contributed by atoms with van der Waals surface area (Å²) in [5, 5.41) is 0. The minimum atomic E-state index is -0.270. The van der Waals surface area contributed by atoms with Crippen LogP contribution < -0.4 is 10.5 Å². The van der Waals surface area contributed by atoms with E-state index in [9.17, 15) is 4.39 Å². The van der Waals surface area contributed by atoms with Crippen molar-refractivity contribution in [3.8, 4) is 11.5 Å². The second kappa shape index (κ2) is 6.37. The van der Waals surface area contributed by atoms with Gasteiger partial charge in [-0.2, -0.15) is 0 Å². The zero-order valence-electron chi connectivity index (χ0n) is 11.5. The zero-order chi connectivity index (χ0) is 14.7. The summed E-state index contributed by atoms with van der Waals surface area (Å²) >= 11 is 3.44. The Balaban J connectivity index is 2.30. The quantitative estimate of drug-likeness (QED) is 0.886. The standard InChI is InChI=1S/C16H17BrFNO/c1-10-3-5-14(9-15(10)18)20-16-6-4-13(17)8-12(16)7-11(2)19/h3-6,8-9,11H,7,19H2,1-2H3. The predicted octanol–water partition coefficient (Wildman–Crippen LogP) is 4.58. The van der Waals surface area contributed by atoms with Crippen molar-refractivity contribution in [2.24, 2.45) is 5.73 Å². The Kier molecular flexibility index (Phi) is 4.78. The molecule has 0 bridgehead atoms. The summed E-state index contributed by atoms with van der Waals surface area (Å²) in [5.74, 6) is 0.920. The Morgan fingerprint density at radius 2 is 2.00 bits per heavy atom. The number of benzene rings is 2. The smallest absolute Gasteiger partial charge is 0.130 e. The summed E-state index contributed by atoms with van der Waals surface area (Å²) in [5.41, 5.74) is 7.45. The van der Waals surface area contributed by atoms with Gasteiger partial charge >= 0.3 is 0 Å². The maximum atomic E-state index is 13.5. The van der Waals surface area contributed by atoms with Crippen molar-refractivity contribution in [3.63, 3.8) is 0 Å². The number of nitrogens with two attached hydrogens (primary N) is 1. The van der Waals surface area contributed by atoms with Crippen molar-refractivity contribution < 1.29 is 9.13 Å². The molecule has 0 radical (unpaired) electrons. The van der Waals surface area contributed by atoms with E-state index in [0.29, 0.717) is 23.5 Å². The minimum absolute atomic E-state index is 0.0291. The first kappa shape index (κ1) is 15.0. The van der Waals surface area contributed by atoms with Crippen molar-refractivity contribution in [3.05, 3.63) is 57.8 Å². The molecule has 0 saturated carbocycles. The number of halogens is 2. The monoisotopic (exact) mass is 337 g/mol. The molecule has 0 spiro atoms. The summed E-state index contributed by atoms with van der Waals surface area (Å²) in [6, 6.07) is 10.6. The Hall–Kier alpha value is -1.39. The SMILES string of the molecule is Cc1ccc(Oc2ccc(Br)cc2CC(C)N)cc1F. The maximum absolute atomic E-state index is 13.5. The summed E-state index contributed by atoms with van der Waals surface area (Å²) in [4.78, 5) is 0. The lowest BCUT2D eigenvalue weighted by Gasteiger charge is -2.13. The molecule has 2 rings (SSSR count). The molecule has 2 nitrogen and oxygen atoms in total. The lowest BCUT2D eigenvalue weighted by Crippen LogP contribution is -2.18. The highest BCUT2D eigenvalue weighted by Crippen LogP contribution is 2.29. The van der Waals surface area contributed by atoms with Gasteiger partial charge in [0.1, 0.15) is 17.3 Å². The molecule has 2 aromatic rings. The van der Waals surface area contributed by atoms with Crippen LogP contribution in [-0.2, 0) is 6.42 Å². The highest BCUT2D eigenvalue weighted by atomic mass is 79.9. The van der Waals surface area contributed by atoms with Gasteiger partial charge in [0.25, 0.3) is 0 Å². The average molecular weight is 338 g/mol. The van der Waals surface area contributed by atoms with E-state index >= 15 is 0 Å². The summed E-state index contributed by atoms with van der Waals surface area (Å²) < 4.78 is 20.3. The molecule has 0 fully saturated rings. The molecule has 20 heavy (non-hydrogen) atoms. The van der Waals surface area contributed by atoms with Gasteiger partial charge in [-0.05, 0) is 55.7 Å². The highest BCUT2D eigenvalue weighted by Gasteiger charge is 2.09. The van der Waals surface area contributed by atoms with Gasteiger partial charge in [0, 0.05) is 16.6 Å². The Bertz CT molecular complexity index is 613. The van der Waals surface area contributed by atoms with Gasteiger partial charge in [-0.25, -0.2) is 4.39 Å². The first-order valence-corrected chi connectivity index (χ1v) is 7.23. The first-order valence-electron chi connectivity index (χ1n) is 6.43. The third-order valence-electron chi connectivity index (χ3n) is 2.94. The molecular weight excluding hydrogens is 321 g/mol. The van der Waals surface area contributed by atoms with E-state index < -0.39 is 0 Å². The largest absolute Gasteiger partial charge is 0.457 e. The van der Waals surface area contributed by atoms with Gasteiger partial charge in [0.05, 0.1) is 0 Å². The van der Waals surface area contributed by atoms with Crippen LogP contribution in [0.25, 0.3) is 0 Å². The second-order valence-corrected chi connectivity index (χ2v) is 5.86. The number of hydrogen-bond acceptors (Lipinski definition) is 2. The van der Waals surface area contributed by atoms with Crippen molar-refractivity contribution in [2.75, 3.05) is 0 Å². The molecular formula is C16H17BrFNO. The van der Waals surface area contributed by atoms with E-state index in [1.807, 2.05) is 25.1 Å². The maximum Gasteiger partial charge on any atom is 0.130 e. The van der Waals surface area contributed by atoms with Crippen LogP contribution in [-0.4, -0.2) is 6.04 Å². The van der Waals surface area contributed by atoms with Crippen LogP contribution in [0.2, 0.25) is 0 Å². The van der Waals surface area contributed by atoms with Crippen LogP contribution in [0.4, 0.5) is 4.39 Å². The van der Waals surface area contributed by atoms with Crippen molar-refractivity contribution in [2.45, 2.75) is 26.3 Å². The molecule has 0 heterocycles. The molecule has 2 N–H and O–H groups in total. The molecule has 0 aliphatic heterocycles. The van der Waals surface area contributed by atoms with Gasteiger partial charge in [-0.3, -0.25) is 0 Å². The van der Waals surface area contributed by atoms with Crippen LogP contribution in [0.3, 0.4) is 0 Å². The summed E-state index contributed by atoms with van der Waals surface area (Å²) in [7, 11) is 0. The molecule has 0 aromatic heterocycles. The molecule has 106 valence electrons. The van der Waals surface area contributed by atoms with E-state index in [-0.39, 0.29) is 11.9 Å². The Morgan fingerprint density at radius 1 is 1.25 bits per heavy atom. The van der Waals surface area contributed by atoms with E-state index in [1.165, 1.54) is 6.07 Å². The number of hydrogen-bond donors (Lipinski definition) is 1. The van der Waals surface area contributed by atoms with Gasteiger partial charge < -0.3 is 10.5 Å².